The number of halogens is 4. The van der Waals surface area contributed by atoms with Crippen molar-refractivity contribution in [2.24, 2.45) is 0 Å². The smallest absolute Gasteiger partial charge is 0.417 e. The molecule has 144 valence electrons. The molecular weight excluding hydrogens is 387 g/mol. The minimum Gasteiger partial charge on any atom is -0.465 e. The van der Waals surface area contributed by atoms with E-state index in [4.69, 9.17) is 16.0 Å². The van der Waals surface area contributed by atoms with E-state index in [1.54, 1.807) is 6.92 Å². The molecule has 1 aromatic carbocycles. The lowest BCUT2D eigenvalue weighted by Gasteiger charge is -2.09. The summed E-state index contributed by atoms with van der Waals surface area (Å²) in [6.45, 7) is 1.58. The molecular formula is C18H15ClF3NO4. The van der Waals surface area contributed by atoms with E-state index in [9.17, 15) is 22.8 Å². The van der Waals surface area contributed by atoms with Gasteiger partial charge in [-0.2, -0.15) is 13.2 Å². The van der Waals surface area contributed by atoms with Crippen LogP contribution in [0.15, 0.2) is 34.8 Å². The van der Waals surface area contributed by atoms with Gasteiger partial charge in [-0.1, -0.05) is 17.7 Å². The molecule has 0 radical (unpaired) electrons. The van der Waals surface area contributed by atoms with E-state index in [-0.39, 0.29) is 17.7 Å². The third kappa shape index (κ3) is 5.37. The van der Waals surface area contributed by atoms with Gasteiger partial charge in [0, 0.05) is 6.08 Å². The summed E-state index contributed by atoms with van der Waals surface area (Å²) >= 11 is 5.54. The maximum absolute atomic E-state index is 12.8. The summed E-state index contributed by atoms with van der Waals surface area (Å²) in [6, 6.07) is 4.77. The molecule has 0 unspecified atom stereocenters. The van der Waals surface area contributed by atoms with E-state index in [1.165, 1.54) is 25.3 Å². The van der Waals surface area contributed by atoms with Crippen LogP contribution in [0.4, 0.5) is 13.2 Å². The van der Waals surface area contributed by atoms with E-state index in [0.29, 0.717) is 11.5 Å². The number of carbonyl (C=O) groups is 2. The SMILES string of the molecule is COC(=O)c1cc(CNC(=O)/C=C/c2ccc(Cl)c(C(F)(F)F)c2)oc1C. The van der Waals surface area contributed by atoms with Gasteiger partial charge >= 0.3 is 12.1 Å². The lowest BCUT2D eigenvalue weighted by atomic mass is 10.1. The average molecular weight is 402 g/mol. The van der Waals surface area contributed by atoms with Gasteiger partial charge in [-0.05, 0) is 36.8 Å². The zero-order valence-electron chi connectivity index (χ0n) is 14.3. The lowest BCUT2D eigenvalue weighted by Crippen LogP contribution is -2.19. The Morgan fingerprint density at radius 1 is 1.30 bits per heavy atom. The number of esters is 1. The summed E-state index contributed by atoms with van der Waals surface area (Å²) in [5.74, 6) is -0.424. The lowest BCUT2D eigenvalue weighted by molar-refractivity contribution is -0.137. The highest BCUT2D eigenvalue weighted by atomic mass is 35.5. The largest absolute Gasteiger partial charge is 0.465 e. The van der Waals surface area contributed by atoms with Crippen LogP contribution in [0.2, 0.25) is 5.02 Å². The molecule has 0 fully saturated rings. The Kier molecular flexibility index (Phi) is 6.32. The molecule has 9 heteroatoms. The summed E-state index contributed by atoms with van der Waals surface area (Å²) in [7, 11) is 1.24. The number of aryl methyl sites for hydroxylation is 1. The van der Waals surface area contributed by atoms with Gasteiger partial charge in [-0.15, -0.1) is 0 Å². The number of ether oxygens (including phenoxy) is 1. The molecule has 1 N–H and O–H groups in total. The number of amides is 1. The minimum atomic E-state index is -4.59. The van der Waals surface area contributed by atoms with E-state index in [0.717, 1.165) is 18.2 Å². The second-order valence-electron chi connectivity index (χ2n) is 5.46. The average Bonchev–Trinajstić information content (AvgIpc) is 2.98. The van der Waals surface area contributed by atoms with Crippen molar-refractivity contribution < 1.29 is 31.9 Å². The molecule has 0 saturated heterocycles. The van der Waals surface area contributed by atoms with Gasteiger partial charge in [-0.25, -0.2) is 4.79 Å². The maximum atomic E-state index is 12.8. The van der Waals surface area contributed by atoms with Crippen molar-refractivity contribution in [3.63, 3.8) is 0 Å². The molecule has 0 spiro atoms. The van der Waals surface area contributed by atoms with Gasteiger partial charge in [0.05, 0.1) is 24.2 Å². The van der Waals surface area contributed by atoms with Crippen molar-refractivity contribution in [2.75, 3.05) is 7.11 Å². The number of nitrogens with one attached hydrogen (secondary N) is 1. The molecule has 0 atom stereocenters. The quantitative estimate of drug-likeness (QED) is 0.596. The third-order valence-corrected chi connectivity index (χ3v) is 3.86. The number of carbonyl (C=O) groups excluding carboxylic acids is 2. The molecule has 0 aliphatic heterocycles. The van der Waals surface area contributed by atoms with Gasteiger partial charge in [0.1, 0.15) is 17.1 Å². The van der Waals surface area contributed by atoms with Gasteiger partial charge < -0.3 is 14.5 Å². The second-order valence-corrected chi connectivity index (χ2v) is 5.87. The van der Waals surface area contributed by atoms with Crippen LogP contribution in [-0.2, 0) is 22.3 Å². The number of hydrogen-bond donors (Lipinski definition) is 1. The Bertz CT molecular complexity index is 887. The molecule has 27 heavy (non-hydrogen) atoms. The maximum Gasteiger partial charge on any atom is 0.417 e. The second kappa shape index (κ2) is 8.30. The fraction of sp³-hybridized carbons (Fsp3) is 0.222. The normalized spacial score (nSPS) is 11.6. The van der Waals surface area contributed by atoms with E-state index < -0.39 is 28.6 Å². The summed E-state index contributed by atoms with van der Waals surface area (Å²) in [6.07, 6.45) is -2.27. The van der Waals surface area contributed by atoms with Crippen LogP contribution in [0, 0.1) is 6.92 Å². The molecule has 5 nitrogen and oxygen atoms in total. The van der Waals surface area contributed by atoms with E-state index in [1.807, 2.05) is 0 Å². The number of alkyl halides is 3. The van der Waals surface area contributed by atoms with Crippen LogP contribution in [0.1, 0.15) is 33.0 Å². The molecule has 1 amide bonds. The fourth-order valence-electron chi connectivity index (χ4n) is 2.21. The molecule has 0 aliphatic carbocycles. The minimum absolute atomic E-state index is 0.00454. The number of benzene rings is 1. The zero-order chi connectivity index (χ0) is 20.2. The number of hydrogen-bond acceptors (Lipinski definition) is 4. The summed E-state index contributed by atoms with van der Waals surface area (Å²) < 4.78 is 48.4. The Morgan fingerprint density at radius 2 is 2.00 bits per heavy atom. The Labute approximate surface area is 157 Å². The van der Waals surface area contributed by atoms with Crippen LogP contribution in [0.25, 0.3) is 6.08 Å². The topological polar surface area (TPSA) is 68.5 Å². The number of furan rings is 1. The zero-order valence-corrected chi connectivity index (χ0v) is 15.1. The third-order valence-electron chi connectivity index (χ3n) is 3.53. The van der Waals surface area contributed by atoms with Crippen LogP contribution in [0.3, 0.4) is 0 Å². The van der Waals surface area contributed by atoms with E-state index in [2.05, 4.69) is 10.1 Å². The van der Waals surface area contributed by atoms with Crippen LogP contribution < -0.4 is 5.32 Å². The van der Waals surface area contributed by atoms with Gasteiger partial charge in [0.15, 0.2) is 0 Å². The van der Waals surface area contributed by atoms with Crippen molar-refractivity contribution in [3.05, 3.63) is 63.6 Å². The van der Waals surface area contributed by atoms with Gasteiger partial charge in [-0.3, -0.25) is 4.79 Å². The molecule has 1 heterocycles. The van der Waals surface area contributed by atoms with Crippen molar-refractivity contribution in [1.29, 1.82) is 0 Å². The molecule has 2 aromatic rings. The molecule has 0 bridgehead atoms. The first-order valence-corrected chi connectivity index (χ1v) is 8.00. The highest BCUT2D eigenvalue weighted by molar-refractivity contribution is 6.31. The summed E-state index contributed by atoms with van der Waals surface area (Å²) in [5.41, 5.74) is -0.560. The van der Waals surface area contributed by atoms with Gasteiger partial charge in [0.2, 0.25) is 5.91 Å². The fourth-order valence-corrected chi connectivity index (χ4v) is 2.44. The predicted octanol–water partition coefficient (Wildman–Crippen LogP) is 4.38. The first-order valence-electron chi connectivity index (χ1n) is 7.62. The Hall–Kier alpha value is -2.74. The van der Waals surface area contributed by atoms with Crippen LogP contribution in [-0.4, -0.2) is 19.0 Å². The first-order chi connectivity index (χ1) is 12.6. The Morgan fingerprint density at radius 3 is 2.63 bits per heavy atom. The Balaban J connectivity index is 2.01. The highest BCUT2D eigenvalue weighted by Crippen LogP contribution is 2.35. The van der Waals surface area contributed by atoms with E-state index >= 15 is 0 Å². The van der Waals surface area contributed by atoms with Crippen LogP contribution in [0.5, 0.6) is 0 Å². The monoisotopic (exact) mass is 401 g/mol. The van der Waals surface area contributed by atoms with Crippen molar-refractivity contribution >= 4 is 29.6 Å². The van der Waals surface area contributed by atoms with Crippen molar-refractivity contribution in [3.8, 4) is 0 Å². The molecule has 0 saturated carbocycles. The van der Waals surface area contributed by atoms with Gasteiger partial charge in [0.25, 0.3) is 0 Å². The molecule has 1 aromatic heterocycles. The van der Waals surface area contributed by atoms with Crippen molar-refractivity contribution in [2.45, 2.75) is 19.6 Å². The van der Waals surface area contributed by atoms with Crippen LogP contribution >= 0.6 is 11.6 Å². The first kappa shape index (κ1) is 20.6. The highest BCUT2D eigenvalue weighted by Gasteiger charge is 2.33. The number of rotatable bonds is 5. The van der Waals surface area contributed by atoms with Crippen molar-refractivity contribution in [1.82, 2.24) is 5.32 Å². The standard InChI is InChI=1S/C18H15ClF3NO4/c1-10-13(17(25)26-2)8-12(27-10)9-23-16(24)6-4-11-3-5-15(19)14(7-11)18(20,21)22/h3-8H,9H2,1-2H3,(H,23,24)/b6-4+. The number of methoxy groups -OCH3 is 1. The summed E-state index contributed by atoms with van der Waals surface area (Å²) in [5, 5.41) is 2.09. The summed E-state index contributed by atoms with van der Waals surface area (Å²) in [4.78, 5) is 23.3. The molecule has 2 rings (SSSR count). The predicted molar refractivity (Wildman–Crippen MR) is 92.1 cm³/mol. The molecule has 0 aliphatic rings.